The van der Waals surface area contributed by atoms with E-state index < -0.39 is 5.91 Å². The predicted molar refractivity (Wildman–Crippen MR) is 91.4 cm³/mol. The zero-order chi connectivity index (χ0) is 15.0. The number of thioether (sulfide) groups is 1. The molecule has 108 valence electrons. The van der Waals surface area contributed by atoms with Crippen molar-refractivity contribution in [2.75, 3.05) is 5.73 Å². The van der Waals surface area contributed by atoms with Crippen LogP contribution >= 0.6 is 46.2 Å². The third-order valence-electron chi connectivity index (χ3n) is 2.85. The maximum Gasteiger partial charge on any atom is 0.260 e. The Hall–Kier alpha value is -1.28. The standard InChI is InChI=1S/C13H10ClN3OS3/c14-7-3-1-6(2-4-7)5-19-13-8-9(15)10(11(16)18)20-12(8)17-21-13/h1-4H,5,15H2,(H2,16,18). The van der Waals surface area contributed by atoms with E-state index >= 15 is 0 Å². The van der Waals surface area contributed by atoms with Gasteiger partial charge < -0.3 is 11.5 Å². The van der Waals surface area contributed by atoms with Crippen LogP contribution < -0.4 is 11.5 Å². The van der Waals surface area contributed by atoms with Crippen molar-refractivity contribution in [3.05, 3.63) is 39.7 Å². The summed E-state index contributed by atoms with van der Waals surface area (Å²) in [5.41, 5.74) is 12.9. The van der Waals surface area contributed by atoms with Crippen LogP contribution in [-0.4, -0.2) is 10.3 Å². The van der Waals surface area contributed by atoms with Crippen LogP contribution in [0.25, 0.3) is 10.2 Å². The number of aromatic nitrogens is 1. The Morgan fingerprint density at radius 3 is 2.71 bits per heavy atom. The van der Waals surface area contributed by atoms with Crippen molar-refractivity contribution in [3.63, 3.8) is 0 Å². The first-order chi connectivity index (χ1) is 10.1. The molecule has 0 aliphatic rings. The first-order valence-corrected chi connectivity index (χ1v) is 8.86. The van der Waals surface area contributed by atoms with Gasteiger partial charge in [0.25, 0.3) is 5.91 Å². The van der Waals surface area contributed by atoms with Crippen molar-refractivity contribution in [1.82, 2.24) is 4.37 Å². The first-order valence-electron chi connectivity index (χ1n) is 5.91. The Kier molecular flexibility index (Phi) is 4.08. The Labute approximate surface area is 138 Å². The third kappa shape index (κ3) is 2.87. The van der Waals surface area contributed by atoms with Crippen LogP contribution in [0.2, 0.25) is 5.02 Å². The molecule has 0 radical (unpaired) electrons. The molecule has 4 N–H and O–H groups in total. The van der Waals surface area contributed by atoms with Gasteiger partial charge in [0, 0.05) is 10.8 Å². The number of carbonyl (C=O) groups is 1. The van der Waals surface area contributed by atoms with E-state index in [1.807, 2.05) is 24.3 Å². The molecular formula is C13H10ClN3OS3. The van der Waals surface area contributed by atoms with Crippen LogP contribution in [0.1, 0.15) is 15.2 Å². The number of hydrogen-bond donors (Lipinski definition) is 2. The largest absolute Gasteiger partial charge is 0.397 e. The zero-order valence-corrected chi connectivity index (χ0v) is 13.8. The number of nitrogen functional groups attached to an aromatic ring is 1. The summed E-state index contributed by atoms with van der Waals surface area (Å²) in [5.74, 6) is 0.282. The van der Waals surface area contributed by atoms with Crippen LogP contribution in [0.5, 0.6) is 0 Å². The molecule has 0 bridgehead atoms. The summed E-state index contributed by atoms with van der Waals surface area (Å²) in [6.45, 7) is 0. The molecule has 0 saturated carbocycles. The summed E-state index contributed by atoms with van der Waals surface area (Å²) >= 11 is 10.1. The highest BCUT2D eigenvalue weighted by Crippen LogP contribution is 2.42. The van der Waals surface area contributed by atoms with Gasteiger partial charge in [-0.1, -0.05) is 23.7 Å². The van der Waals surface area contributed by atoms with Gasteiger partial charge in [-0.3, -0.25) is 4.79 Å². The molecule has 4 nitrogen and oxygen atoms in total. The molecule has 3 aromatic rings. The normalized spacial score (nSPS) is 11.1. The average Bonchev–Trinajstić information content (AvgIpc) is 2.99. The highest BCUT2D eigenvalue weighted by molar-refractivity contribution is 8.00. The number of fused-ring (bicyclic) bond motifs is 1. The fourth-order valence-electron chi connectivity index (χ4n) is 1.83. The van der Waals surface area contributed by atoms with Crippen molar-refractivity contribution in [3.8, 4) is 0 Å². The summed E-state index contributed by atoms with van der Waals surface area (Å²) in [7, 11) is 0. The molecule has 0 spiro atoms. The second-order valence-electron chi connectivity index (χ2n) is 4.27. The second kappa shape index (κ2) is 5.84. The lowest BCUT2D eigenvalue weighted by Gasteiger charge is -2.00. The molecule has 8 heteroatoms. The number of thiophene rings is 1. The second-order valence-corrected chi connectivity index (χ2v) is 7.73. The molecule has 0 aliphatic carbocycles. The van der Waals surface area contributed by atoms with Crippen LogP contribution in [0, 0.1) is 0 Å². The van der Waals surface area contributed by atoms with E-state index in [-0.39, 0.29) is 0 Å². The maximum absolute atomic E-state index is 11.3. The Morgan fingerprint density at radius 2 is 2.05 bits per heavy atom. The number of rotatable bonds is 4. The van der Waals surface area contributed by atoms with Gasteiger partial charge in [0.1, 0.15) is 9.71 Å². The Bertz CT molecular complexity index is 810. The molecule has 2 heterocycles. The van der Waals surface area contributed by atoms with E-state index in [2.05, 4.69) is 4.37 Å². The molecule has 1 amide bonds. The van der Waals surface area contributed by atoms with Gasteiger partial charge in [0.2, 0.25) is 0 Å². The monoisotopic (exact) mass is 355 g/mol. The van der Waals surface area contributed by atoms with Gasteiger partial charge in [-0.25, -0.2) is 0 Å². The number of halogens is 1. The molecule has 1 aromatic carbocycles. The minimum Gasteiger partial charge on any atom is -0.397 e. The highest BCUT2D eigenvalue weighted by atomic mass is 35.5. The van der Waals surface area contributed by atoms with Gasteiger partial charge in [0.05, 0.1) is 15.3 Å². The lowest BCUT2D eigenvalue weighted by Crippen LogP contribution is -2.10. The van der Waals surface area contributed by atoms with Crippen molar-refractivity contribution < 1.29 is 4.79 Å². The minimum absolute atomic E-state index is 0.383. The summed E-state index contributed by atoms with van der Waals surface area (Å²) in [5, 5.41) is 1.56. The predicted octanol–water partition coefficient (Wildman–Crippen LogP) is 3.98. The molecule has 3 rings (SSSR count). The average molecular weight is 356 g/mol. The number of primary amides is 1. The van der Waals surface area contributed by atoms with E-state index in [1.54, 1.807) is 11.8 Å². The highest BCUT2D eigenvalue weighted by Gasteiger charge is 2.19. The number of anilines is 1. The lowest BCUT2D eigenvalue weighted by atomic mass is 10.2. The van der Waals surface area contributed by atoms with Crippen molar-refractivity contribution in [2.24, 2.45) is 5.73 Å². The fraction of sp³-hybridized carbons (Fsp3) is 0.0769. The van der Waals surface area contributed by atoms with Crippen molar-refractivity contribution >= 4 is 68.0 Å². The molecule has 0 atom stereocenters. The molecular weight excluding hydrogens is 346 g/mol. The van der Waals surface area contributed by atoms with E-state index in [0.717, 1.165) is 30.8 Å². The molecule has 0 fully saturated rings. The van der Waals surface area contributed by atoms with Gasteiger partial charge in [-0.05, 0) is 29.2 Å². The van der Waals surface area contributed by atoms with Crippen LogP contribution in [0.3, 0.4) is 0 Å². The SMILES string of the molecule is NC(=O)c1sc2nsc(SCc3ccc(Cl)cc3)c2c1N. The smallest absolute Gasteiger partial charge is 0.260 e. The summed E-state index contributed by atoms with van der Waals surface area (Å²) in [6.07, 6.45) is 0. The van der Waals surface area contributed by atoms with Crippen LogP contribution in [-0.2, 0) is 5.75 Å². The lowest BCUT2D eigenvalue weighted by molar-refractivity contribution is 0.100. The van der Waals surface area contributed by atoms with E-state index in [4.69, 9.17) is 23.1 Å². The van der Waals surface area contributed by atoms with Crippen LogP contribution in [0.15, 0.2) is 28.5 Å². The number of amides is 1. The van der Waals surface area contributed by atoms with Gasteiger partial charge in [0.15, 0.2) is 0 Å². The summed E-state index contributed by atoms with van der Waals surface area (Å²) < 4.78 is 5.34. The summed E-state index contributed by atoms with van der Waals surface area (Å²) in [4.78, 5) is 12.5. The molecule has 21 heavy (non-hydrogen) atoms. The van der Waals surface area contributed by atoms with Crippen molar-refractivity contribution in [1.29, 1.82) is 0 Å². The minimum atomic E-state index is -0.505. The van der Waals surface area contributed by atoms with Crippen molar-refractivity contribution in [2.45, 2.75) is 9.96 Å². The van der Waals surface area contributed by atoms with E-state index in [1.165, 1.54) is 22.9 Å². The van der Waals surface area contributed by atoms with Crippen LogP contribution in [0.4, 0.5) is 5.69 Å². The number of benzene rings is 1. The van der Waals surface area contributed by atoms with E-state index in [0.29, 0.717) is 10.6 Å². The Balaban J connectivity index is 1.87. The third-order valence-corrected chi connectivity index (χ3v) is 6.50. The molecule has 2 aromatic heterocycles. The van der Waals surface area contributed by atoms with Gasteiger partial charge in [-0.15, -0.1) is 23.1 Å². The number of carbonyl (C=O) groups excluding carboxylic acids is 1. The topological polar surface area (TPSA) is 82.0 Å². The quantitative estimate of drug-likeness (QED) is 0.693. The zero-order valence-electron chi connectivity index (χ0n) is 10.6. The summed E-state index contributed by atoms with van der Waals surface area (Å²) in [6, 6.07) is 7.70. The first kappa shape index (κ1) is 14.6. The fourth-order valence-corrected chi connectivity index (χ4v) is 5.06. The maximum atomic E-state index is 11.3. The van der Waals surface area contributed by atoms with Gasteiger partial charge >= 0.3 is 0 Å². The number of hydrogen-bond acceptors (Lipinski definition) is 6. The number of nitrogens with two attached hydrogens (primary N) is 2. The molecule has 0 saturated heterocycles. The number of nitrogens with zero attached hydrogens (tertiary/aromatic N) is 1. The van der Waals surface area contributed by atoms with Gasteiger partial charge in [-0.2, -0.15) is 4.37 Å². The molecule has 0 aliphatic heterocycles. The van der Waals surface area contributed by atoms with E-state index in [9.17, 15) is 4.79 Å². The Morgan fingerprint density at radius 1 is 1.33 bits per heavy atom. The molecule has 0 unspecified atom stereocenters.